The van der Waals surface area contributed by atoms with Crippen LogP contribution in [0.15, 0.2) is 41.4 Å². The quantitative estimate of drug-likeness (QED) is 0.714. The maximum absolute atomic E-state index is 5.75. The average Bonchev–Trinajstić information content (AvgIpc) is 3.06. The molecular weight excluding hydrogens is 344 g/mol. The second-order valence-electron chi connectivity index (χ2n) is 6.55. The Bertz CT molecular complexity index is 772. The predicted octanol–water partition coefficient (Wildman–Crippen LogP) is 2.61. The molecule has 0 N–H and O–H groups in total. The lowest BCUT2D eigenvalue weighted by molar-refractivity contribution is 0.00206. The van der Waals surface area contributed by atoms with Crippen LogP contribution in [0.1, 0.15) is 5.56 Å². The zero-order valence-corrected chi connectivity index (χ0v) is 15.6. The Morgan fingerprint density at radius 1 is 0.667 bits per heavy atom. The monoisotopic (exact) mass is 370 g/mol. The summed E-state index contributed by atoms with van der Waals surface area (Å²) in [6.45, 7) is 6.34. The van der Waals surface area contributed by atoms with Gasteiger partial charge in [0.15, 0.2) is 0 Å². The summed E-state index contributed by atoms with van der Waals surface area (Å²) in [6, 6.07) is 12.7. The molecule has 1 fully saturated rings. The number of nitrogens with zero attached hydrogens (tertiary/aromatic N) is 2. The predicted molar refractivity (Wildman–Crippen MR) is 105 cm³/mol. The summed E-state index contributed by atoms with van der Waals surface area (Å²) in [5.74, 6) is 1.01. The van der Waals surface area contributed by atoms with Gasteiger partial charge in [0.1, 0.15) is 5.84 Å². The van der Waals surface area contributed by atoms with Gasteiger partial charge < -0.3 is 23.8 Å². The average molecular weight is 370 g/mol. The van der Waals surface area contributed by atoms with Gasteiger partial charge in [0, 0.05) is 24.0 Å². The molecular formula is C21H26N2O4. The van der Waals surface area contributed by atoms with Crippen molar-refractivity contribution in [2.75, 3.05) is 65.9 Å². The molecule has 1 saturated heterocycles. The minimum Gasteiger partial charge on any atom is -0.377 e. The molecule has 2 aliphatic rings. The molecule has 0 saturated carbocycles. The molecule has 0 atom stereocenters. The number of hydrogen-bond donors (Lipinski definition) is 0. The first kappa shape index (κ1) is 18.4. The summed E-state index contributed by atoms with van der Waals surface area (Å²) >= 11 is 0. The molecule has 0 bridgehead atoms. The Morgan fingerprint density at radius 3 is 1.85 bits per heavy atom. The van der Waals surface area contributed by atoms with Gasteiger partial charge >= 0.3 is 0 Å². The molecule has 144 valence electrons. The molecule has 2 aromatic rings. The fourth-order valence-electron chi connectivity index (χ4n) is 3.45. The van der Waals surface area contributed by atoms with Crippen LogP contribution < -0.4 is 0 Å². The number of benzene rings is 2. The molecule has 0 spiro atoms. The van der Waals surface area contributed by atoms with E-state index in [-0.39, 0.29) is 0 Å². The van der Waals surface area contributed by atoms with Crippen LogP contribution in [0.2, 0.25) is 0 Å². The highest BCUT2D eigenvalue weighted by molar-refractivity contribution is 6.18. The summed E-state index contributed by atoms with van der Waals surface area (Å²) in [5, 5.41) is 2.46. The first-order valence-corrected chi connectivity index (χ1v) is 9.60. The Hall–Kier alpha value is -1.99. The molecule has 6 heteroatoms. The molecule has 27 heavy (non-hydrogen) atoms. The van der Waals surface area contributed by atoms with Gasteiger partial charge in [0.05, 0.1) is 58.5 Å². The van der Waals surface area contributed by atoms with E-state index in [0.717, 1.165) is 24.6 Å². The zero-order chi connectivity index (χ0) is 18.3. The molecule has 4 rings (SSSR count). The van der Waals surface area contributed by atoms with E-state index in [0.29, 0.717) is 52.9 Å². The van der Waals surface area contributed by atoms with Gasteiger partial charge in [0.2, 0.25) is 0 Å². The van der Waals surface area contributed by atoms with Crippen molar-refractivity contribution in [2.45, 2.75) is 0 Å². The summed E-state index contributed by atoms with van der Waals surface area (Å²) in [5.41, 5.74) is 2.23. The molecule has 2 aliphatic heterocycles. The maximum atomic E-state index is 5.75. The molecule has 2 heterocycles. The van der Waals surface area contributed by atoms with Crippen molar-refractivity contribution >= 4 is 22.3 Å². The molecule has 0 aromatic heterocycles. The van der Waals surface area contributed by atoms with Crippen LogP contribution in [0.5, 0.6) is 0 Å². The van der Waals surface area contributed by atoms with Crippen molar-refractivity contribution in [2.24, 2.45) is 4.99 Å². The Balaban J connectivity index is 1.49. The normalized spacial score (nSPS) is 20.1. The van der Waals surface area contributed by atoms with Crippen molar-refractivity contribution in [3.05, 3.63) is 42.0 Å². The minimum atomic E-state index is 0.589. The number of hydrogen-bond acceptors (Lipinski definition) is 6. The van der Waals surface area contributed by atoms with E-state index in [2.05, 4.69) is 41.3 Å². The number of amidine groups is 1. The van der Waals surface area contributed by atoms with E-state index < -0.39 is 0 Å². The van der Waals surface area contributed by atoms with Crippen molar-refractivity contribution in [3.63, 3.8) is 0 Å². The first-order valence-electron chi connectivity index (χ1n) is 9.60. The third-order valence-electron chi connectivity index (χ3n) is 4.78. The fraction of sp³-hybridized carbons (Fsp3) is 0.476. The van der Waals surface area contributed by atoms with Gasteiger partial charge in [-0.25, -0.2) is 4.99 Å². The van der Waals surface area contributed by atoms with Crippen molar-refractivity contribution in [1.82, 2.24) is 4.90 Å². The molecule has 6 nitrogen and oxygen atoms in total. The van der Waals surface area contributed by atoms with E-state index in [4.69, 9.17) is 23.9 Å². The smallest absolute Gasteiger partial charge is 0.137 e. The minimum absolute atomic E-state index is 0.589. The van der Waals surface area contributed by atoms with Crippen molar-refractivity contribution < 1.29 is 18.9 Å². The standard InChI is InChI=1S/C21H26N2O4/c1-3-17-4-2-6-19-20(17)18(5-1)21(22-19)23-7-9-24-11-13-26-15-16-27-14-12-25-10-8-23/h1-6H,7-16H2. The van der Waals surface area contributed by atoms with Crippen LogP contribution in [0, 0.1) is 0 Å². The van der Waals surface area contributed by atoms with Gasteiger partial charge in [0.25, 0.3) is 0 Å². The van der Waals surface area contributed by atoms with Crippen LogP contribution >= 0.6 is 0 Å². The highest BCUT2D eigenvalue weighted by Crippen LogP contribution is 2.36. The van der Waals surface area contributed by atoms with Gasteiger partial charge in [-0.1, -0.05) is 30.3 Å². The van der Waals surface area contributed by atoms with Gasteiger partial charge in [-0.05, 0) is 11.5 Å². The highest BCUT2D eigenvalue weighted by Gasteiger charge is 2.22. The van der Waals surface area contributed by atoms with Crippen LogP contribution in [0.25, 0.3) is 10.8 Å². The third-order valence-corrected chi connectivity index (χ3v) is 4.78. The number of rotatable bonds is 0. The molecule has 0 radical (unpaired) electrons. The van der Waals surface area contributed by atoms with Crippen LogP contribution in [-0.4, -0.2) is 76.7 Å². The second kappa shape index (κ2) is 9.28. The summed E-state index contributed by atoms with van der Waals surface area (Å²) in [6.07, 6.45) is 0. The highest BCUT2D eigenvalue weighted by atomic mass is 16.6. The lowest BCUT2D eigenvalue weighted by atomic mass is 10.0. The van der Waals surface area contributed by atoms with Crippen LogP contribution in [-0.2, 0) is 18.9 Å². The molecule has 0 amide bonds. The first-order chi connectivity index (χ1) is 13.4. The van der Waals surface area contributed by atoms with E-state index in [1.807, 2.05) is 0 Å². The second-order valence-corrected chi connectivity index (χ2v) is 6.55. The van der Waals surface area contributed by atoms with Crippen molar-refractivity contribution in [1.29, 1.82) is 0 Å². The van der Waals surface area contributed by atoms with E-state index in [9.17, 15) is 0 Å². The lowest BCUT2D eigenvalue weighted by Crippen LogP contribution is -2.37. The van der Waals surface area contributed by atoms with Crippen LogP contribution in [0.4, 0.5) is 5.69 Å². The van der Waals surface area contributed by atoms with E-state index in [1.54, 1.807) is 0 Å². The Labute approximate surface area is 159 Å². The Kier molecular flexibility index (Phi) is 6.32. The SMILES string of the molecule is c1cc2c3c(cccc3c1)C(N1CCOCCOCCOCCOCC1)=N2. The molecule has 0 unspecified atom stereocenters. The fourth-order valence-corrected chi connectivity index (χ4v) is 3.45. The summed E-state index contributed by atoms with van der Waals surface area (Å²) < 4.78 is 22.5. The van der Waals surface area contributed by atoms with Gasteiger partial charge in [-0.2, -0.15) is 0 Å². The number of aliphatic imine (C=N–C) groups is 1. The lowest BCUT2D eigenvalue weighted by Gasteiger charge is -2.25. The Morgan fingerprint density at radius 2 is 1.22 bits per heavy atom. The van der Waals surface area contributed by atoms with Crippen LogP contribution in [0.3, 0.4) is 0 Å². The maximum Gasteiger partial charge on any atom is 0.137 e. The molecule has 2 aromatic carbocycles. The zero-order valence-electron chi connectivity index (χ0n) is 15.6. The van der Waals surface area contributed by atoms with Gasteiger partial charge in [-0.3, -0.25) is 0 Å². The summed E-state index contributed by atoms with van der Waals surface area (Å²) in [4.78, 5) is 7.18. The topological polar surface area (TPSA) is 52.5 Å². The van der Waals surface area contributed by atoms with Gasteiger partial charge in [-0.15, -0.1) is 0 Å². The largest absolute Gasteiger partial charge is 0.377 e. The van der Waals surface area contributed by atoms with E-state index in [1.165, 1.54) is 16.3 Å². The molecule has 0 aliphatic carbocycles. The van der Waals surface area contributed by atoms with E-state index >= 15 is 0 Å². The van der Waals surface area contributed by atoms with Crippen molar-refractivity contribution in [3.8, 4) is 0 Å². The third kappa shape index (κ3) is 4.47. The number of ether oxygens (including phenoxy) is 4. The summed E-state index contributed by atoms with van der Waals surface area (Å²) in [7, 11) is 0.